The highest BCUT2D eigenvalue weighted by molar-refractivity contribution is 7.26. The summed E-state index contributed by atoms with van der Waals surface area (Å²) in [6, 6.07) is 134. The summed E-state index contributed by atoms with van der Waals surface area (Å²) in [5.41, 5.74) is 25.4. The Balaban J connectivity index is 0.586. The van der Waals surface area contributed by atoms with Crippen molar-refractivity contribution in [1.29, 1.82) is 0 Å². The smallest absolute Gasteiger partial charge is 0.237 e. The van der Waals surface area contributed by atoms with Crippen molar-refractivity contribution in [3.8, 4) is 56.9 Å². The predicted octanol–water partition coefficient (Wildman–Crippen LogP) is 29.5. The number of para-hydroxylation sites is 6. The van der Waals surface area contributed by atoms with Crippen LogP contribution in [-0.2, 0) is 0 Å². The zero-order chi connectivity index (χ0) is 80.2. The van der Waals surface area contributed by atoms with Crippen molar-refractivity contribution in [2.24, 2.45) is 0 Å². The molecule has 12 aromatic heterocycles. The maximum absolute atomic E-state index is 7.14. The molecule has 0 spiro atoms. The van der Waals surface area contributed by atoms with Crippen LogP contribution < -0.4 is 0 Å². The summed E-state index contributed by atoms with van der Waals surface area (Å²) < 4.78 is 23.8. The maximum Gasteiger partial charge on any atom is 0.237 e. The van der Waals surface area contributed by atoms with Crippen molar-refractivity contribution in [3.05, 3.63) is 364 Å². The number of fused-ring (bicyclic) bond motifs is 36. The van der Waals surface area contributed by atoms with E-state index in [1.54, 1.807) is 11.3 Å². The van der Waals surface area contributed by atoms with Crippen molar-refractivity contribution in [2.45, 2.75) is 0 Å². The highest BCUT2D eigenvalue weighted by Crippen LogP contribution is 2.53. The molecular weight excluding hydrogens is 1530 g/mol. The maximum atomic E-state index is 7.14. The van der Waals surface area contributed by atoms with Gasteiger partial charge in [0.1, 0.15) is 11.1 Å². The summed E-state index contributed by atoms with van der Waals surface area (Å²) in [5.74, 6) is 2.70. The standard InChI is InChI=1S/C112H60N10OS/c1-2-22-61(23-3-1)66-48-51-90-78(56-66)82-59-80-71-28-8-15-35-85(71)121(105(80)99-74-31-11-17-37-87(74)117(90)103(82)99)109-107-101(76-33-13-20-40-95(76)123-107)113-111(115-109)120-92-53-50-68(58-84(92)98-70-27-7-5-25-65(70)47-55-94(98)120)63-44-42-62(43-45-63)67-49-52-91-79(57-67)83-60-81-72-29-9-16-36-86(72)122(106(81)100-75-32-12-18-38-88(75)118(91)104(83)100)110-108-102(77-34-14-21-41-96(77)124-108)114-112(116-110)119-89-39-19-10-30-73(89)97-69-26-6-4-24-64(69)46-54-93(97)119/h1-60H. The van der Waals surface area contributed by atoms with Gasteiger partial charge in [0, 0.05) is 102 Å². The lowest BCUT2D eigenvalue weighted by molar-refractivity contribution is 0.661. The first-order valence-corrected chi connectivity index (χ1v) is 43.1. The zero-order valence-electron chi connectivity index (χ0n) is 65.9. The van der Waals surface area contributed by atoms with Crippen LogP contribution in [0.4, 0.5) is 0 Å². The molecule has 0 amide bonds. The molecule has 0 saturated carbocycles. The highest BCUT2D eigenvalue weighted by atomic mass is 32.1. The molecule has 12 heterocycles. The molecule has 11 nitrogen and oxygen atoms in total. The molecule has 30 rings (SSSR count). The largest absolute Gasteiger partial charge is 0.450 e. The lowest BCUT2D eigenvalue weighted by atomic mass is 9.97. The second kappa shape index (κ2) is 23.7. The van der Waals surface area contributed by atoms with Crippen LogP contribution in [0.5, 0.6) is 0 Å². The first-order chi connectivity index (χ1) is 61.5. The van der Waals surface area contributed by atoms with Crippen molar-refractivity contribution in [3.63, 3.8) is 0 Å². The second-order valence-corrected chi connectivity index (χ2v) is 34.5. The quantitative estimate of drug-likeness (QED) is 0.158. The lowest BCUT2D eigenvalue weighted by Gasteiger charge is -2.13. The predicted molar refractivity (Wildman–Crippen MR) is 516 cm³/mol. The summed E-state index contributed by atoms with van der Waals surface area (Å²) in [6.07, 6.45) is 0. The summed E-state index contributed by atoms with van der Waals surface area (Å²) in [4.78, 5) is 23.2. The molecular formula is C112H60N10OS. The molecule has 12 heteroatoms. The van der Waals surface area contributed by atoms with Gasteiger partial charge in [-0.25, -0.2) is 9.97 Å². The summed E-state index contributed by atoms with van der Waals surface area (Å²) in [7, 11) is 0. The van der Waals surface area contributed by atoms with Crippen LogP contribution in [-0.4, -0.2) is 47.0 Å². The van der Waals surface area contributed by atoms with Gasteiger partial charge in [0.15, 0.2) is 17.2 Å². The van der Waals surface area contributed by atoms with E-state index in [-0.39, 0.29) is 0 Å². The van der Waals surface area contributed by atoms with Crippen molar-refractivity contribution >= 4 is 239 Å². The van der Waals surface area contributed by atoms with Crippen LogP contribution in [0.25, 0.3) is 284 Å². The van der Waals surface area contributed by atoms with E-state index >= 15 is 0 Å². The van der Waals surface area contributed by atoms with Crippen molar-refractivity contribution in [1.82, 2.24) is 47.0 Å². The van der Waals surface area contributed by atoms with E-state index in [2.05, 4.69) is 379 Å². The van der Waals surface area contributed by atoms with Gasteiger partial charge in [-0.3, -0.25) is 18.3 Å². The number of furan rings is 1. The van der Waals surface area contributed by atoms with Gasteiger partial charge < -0.3 is 13.2 Å². The molecule has 0 unspecified atom stereocenters. The second-order valence-electron chi connectivity index (χ2n) is 33.4. The van der Waals surface area contributed by atoms with E-state index in [9.17, 15) is 0 Å². The van der Waals surface area contributed by atoms with Gasteiger partial charge in [0.25, 0.3) is 0 Å². The Kier molecular flexibility index (Phi) is 12.5. The Morgan fingerprint density at radius 1 is 0.218 bits per heavy atom. The molecule has 0 atom stereocenters. The van der Waals surface area contributed by atoms with Crippen LogP contribution in [0.2, 0.25) is 0 Å². The molecule has 0 aliphatic carbocycles. The third kappa shape index (κ3) is 8.43. The Morgan fingerprint density at radius 2 is 0.597 bits per heavy atom. The third-order valence-electron chi connectivity index (χ3n) is 27.3. The van der Waals surface area contributed by atoms with E-state index in [1.807, 2.05) is 12.1 Å². The Hall–Kier alpha value is -16.5. The summed E-state index contributed by atoms with van der Waals surface area (Å²) in [5, 5.41) is 25.5. The van der Waals surface area contributed by atoms with Gasteiger partial charge in [-0.1, -0.05) is 255 Å². The van der Waals surface area contributed by atoms with E-state index < -0.39 is 0 Å². The Labute approximate surface area is 706 Å². The molecule has 0 N–H and O–H groups in total. The molecule has 0 radical (unpaired) electrons. The average molecular weight is 1590 g/mol. The number of hydrogen-bond acceptors (Lipinski definition) is 6. The fraction of sp³-hybridized carbons (Fsp3) is 0. The monoisotopic (exact) mass is 1590 g/mol. The fourth-order valence-corrected chi connectivity index (χ4v) is 23.2. The molecule has 0 aliphatic heterocycles. The minimum Gasteiger partial charge on any atom is -0.450 e. The van der Waals surface area contributed by atoms with Crippen molar-refractivity contribution in [2.75, 3.05) is 0 Å². The molecule has 0 saturated heterocycles. The first kappa shape index (κ1) is 65.4. The first-order valence-electron chi connectivity index (χ1n) is 42.2. The van der Waals surface area contributed by atoms with Crippen LogP contribution in [0, 0.1) is 0 Å². The van der Waals surface area contributed by atoms with Gasteiger partial charge >= 0.3 is 0 Å². The van der Waals surface area contributed by atoms with E-state index in [0.717, 1.165) is 164 Å². The van der Waals surface area contributed by atoms with Crippen LogP contribution in [0.1, 0.15) is 0 Å². The Morgan fingerprint density at radius 3 is 1.17 bits per heavy atom. The number of aromatic nitrogens is 10. The van der Waals surface area contributed by atoms with E-state index in [4.69, 9.17) is 24.4 Å². The zero-order valence-corrected chi connectivity index (χ0v) is 66.7. The minimum absolute atomic E-state index is 0.547. The van der Waals surface area contributed by atoms with Crippen molar-refractivity contribution < 1.29 is 4.42 Å². The van der Waals surface area contributed by atoms with E-state index in [0.29, 0.717) is 23.3 Å². The topological polar surface area (TPSA) is 93.2 Å². The van der Waals surface area contributed by atoms with Gasteiger partial charge in [-0.2, -0.15) is 9.97 Å². The number of rotatable bonds is 7. The molecule has 18 aromatic carbocycles. The summed E-state index contributed by atoms with van der Waals surface area (Å²) in [6.45, 7) is 0. The molecule has 0 aliphatic rings. The number of benzene rings is 18. The number of thiophene rings is 1. The molecule has 0 bridgehead atoms. The highest BCUT2D eigenvalue weighted by Gasteiger charge is 2.33. The van der Waals surface area contributed by atoms with Gasteiger partial charge in [-0.15, -0.1) is 11.3 Å². The average Bonchev–Trinajstić information content (AvgIpc) is 1.52. The SMILES string of the molecule is c1ccc(-c2ccc3c(c2)c2cc4c5ccccc5n(-c5nc(-n6c7ccc(-c8ccc(-c9ccc%10c(c9)c9cc%11c%12ccccc%12n(-c%12nc(-n%13c%14ccccc%14c%14c%15ccccc%15ccc%14%13)nc%13c%12sc%12ccccc%12%13)c%11c%11c%12ccccc%12n%10c9%11)cc8)cc7c7c8ccccc8ccc76)nc6c5oc5ccccc56)c4c4c5ccccc5n3c24)cc1. The van der Waals surface area contributed by atoms with Gasteiger partial charge in [0.2, 0.25) is 11.9 Å². The van der Waals surface area contributed by atoms with E-state index in [1.165, 1.54) is 97.0 Å². The van der Waals surface area contributed by atoms with Gasteiger partial charge in [0.05, 0.1) is 87.5 Å². The molecule has 30 aromatic rings. The summed E-state index contributed by atoms with van der Waals surface area (Å²) >= 11 is 1.77. The number of nitrogens with zero attached hydrogens (tertiary/aromatic N) is 10. The number of hydrogen-bond donors (Lipinski definition) is 0. The van der Waals surface area contributed by atoms with Crippen LogP contribution in [0.3, 0.4) is 0 Å². The Bertz CT molecular complexity index is 10000. The lowest BCUT2D eigenvalue weighted by Crippen LogP contribution is -2.06. The van der Waals surface area contributed by atoms with Gasteiger partial charge in [-0.05, 0) is 164 Å². The minimum atomic E-state index is 0.547. The normalized spacial score (nSPS) is 12.7. The molecule has 0 fully saturated rings. The van der Waals surface area contributed by atoms with Crippen LogP contribution >= 0.6 is 11.3 Å². The third-order valence-corrected chi connectivity index (χ3v) is 28.4. The molecule has 570 valence electrons. The van der Waals surface area contributed by atoms with Crippen LogP contribution in [0.15, 0.2) is 368 Å². The molecule has 124 heavy (non-hydrogen) atoms. The fourth-order valence-electron chi connectivity index (χ4n) is 22.1.